The molecule has 1 fully saturated rings. The molecule has 2 aromatic rings. The van der Waals surface area contributed by atoms with Gasteiger partial charge in [-0.05, 0) is 30.9 Å². The summed E-state index contributed by atoms with van der Waals surface area (Å²) in [5.74, 6) is -2.60. The minimum atomic E-state index is -1.17. The lowest BCUT2D eigenvalue weighted by atomic mass is 10.0. The molecule has 32 heavy (non-hydrogen) atoms. The van der Waals surface area contributed by atoms with Crippen molar-refractivity contribution in [2.24, 2.45) is 5.73 Å². The molecule has 0 aliphatic carbocycles. The van der Waals surface area contributed by atoms with E-state index in [1.807, 2.05) is 30.5 Å². The van der Waals surface area contributed by atoms with Crippen LogP contribution >= 0.6 is 12.6 Å². The van der Waals surface area contributed by atoms with Gasteiger partial charge >= 0.3 is 5.97 Å². The van der Waals surface area contributed by atoms with Crippen LogP contribution in [0.4, 0.5) is 0 Å². The molecule has 0 saturated carbocycles. The number of nitrogens with one attached hydrogen (secondary N) is 3. The lowest BCUT2D eigenvalue weighted by Crippen LogP contribution is -2.56. The summed E-state index contributed by atoms with van der Waals surface area (Å²) in [5, 5.41) is 14.7. The largest absolute Gasteiger partial charge is 0.480 e. The number of para-hydroxylation sites is 1. The minimum Gasteiger partial charge on any atom is -0.480 e. The molecule has 3 unspecified atom stereocenters. The molecule has 1 aliphatic rings. The third kappa shape index (κ3) is 5.40. The van der Waals surface area contributed by atoms with Crippen LogP contribution in [0, 0.1) is 0 Å². The van der Waals surface area contributed by atoms with Gasteiger partial charge in [0.05, 0.1) is 6.04 Å². The monoisotopic (exact) mass is 461 g/mol. The number of thiol groups is 1. The third-order valence-electron chi connectivity index (χ3n) is 5.50. The van der Waals surface area contributed by atoms with Crippen LogP contribution in [-0.4, -0.2) is 75.6 Å². The second-order valence-corrected chi connectivity index (χ2v) is 8.08. The van der Waals surface area contributed by atoms with Crippen molar-refractivity contribution in [1.82, 2.24) is 20.5 Å². The first-order valence-electron chi connectivity index (χ1n) is 10.3. The number of hydrogen-bond acceptors (Lipinski definition) is 6. The molecule has 0 bridgehead atoms. The number of H-pyrrole nitrogens is 1. The number of carbonyl (C=O) groups is 4. The Balaban J connectivity index is 1.61. The second-order valence-electron chi connectivity index (χ2n) is 7.72. The fraction of sp³-hybridized carbons (Fsp3) is 0.429. The Hall–Kier alpha value is -3.05. The third-order valence-corrected chi connectivity index (χ3v) is 5.87. The Kier molecular flexibility index (Phi) is 7.75. The number of hydrogen-bond donors (Lipinski definition) is 6. The van der Waals surface area contributed by atoms with Gasteiger partial charge in [-0.2, -0.15) is 12.6 Å². The van der Waals surface area contributed by atoms with Crippen LogP contribution in [0.3, 0.4) is 0 Å². The van der Waals surface area contributed by atoms with Gasteiger partial charge in [-0.3, -0.25) is 19.2 Å². The van der Waals surface area contributed by atoms with Gasteiger partial charge in [0.1, 0.15) is 18.6 Å². The zero-order chi connectivity index (χ0) is 23.3. The van der Waals surface area contributed by atoms with E-state index in [0.29, 0.717) is 19.4 Å². The number of aromatic amines is 1. The minimum absolute atomic E-state index is 0.0321. The van der Waals surface area contributed by atoms with Gasteiger partial charge in [0.15, 0.2) is 0 Å². The molecule has 10 nitrogen and oxygen atoms in total. The van der Waals surface area contributed by atoms with Gasteiger partial charge in [0.25, 0.3) is 0 Å². The van der Waals surface area contributed by atoms with Crippen molar-refractivity contribution in [3.05, 3.63) is 36.0 Å². The van der Waals surface area contributed by atoms with Crippen LogP contribution in [-0.2, 0) is 25.6 Å². The van der Waals surface area contributed by atoms with Crippen molar-refractivity contribution in [2.75, 3.05) is 18.8 Å². The maximum atomic E-state index is 13.0. The topological polar surface area (TPSA) is 158 Å². The molecule has 1 aromatic carbocycles. The predicted octanol–water partition coefficient (Wildman–Crippen LogP) is -0.356. The molecular weight excluding hydrogens is 434 g/mol. The highest BCUT2D eigenvalue weighted by Gasteiger charge is 2.37. The Morgan fingerprint density at radius 3 is 2.75 bits per heavy atom. The average molecular weight is 462 g/mol. The Morgan fingerprint density at radius 1 is 1.28 bits per heavy atom. The van der Waals surface area contributed by atoms with Crippen LogP contribution in [0.1, 0.15) is 18.4 Å². The molecule has 3 atom stereocenters. The number of carboxylic acids is 1. The molecule has 0 spiro atoms. The van der Waals surface area contributed by atoms with Crippen LogP contribution in [0.25, 0.3) is 10.9 Å². The molecule has 1 saturated heterocycles. The summed E-state index contributed by atoms with van der Waals surface area (Å²) < 4.78 is 0. The van der Waals surface area contributed by atoms with Crippen LogP contribution in [0.5, 0.6) is 0 Å². The highest BCUT2D eigenvalue weighted by atomic mass is 32.1. The van der Waals surface area contributed by atoms with Gasteiger partial charge in [-0.15, -0.1) is 0 Å². The summed E-state index contributed by atoms with van der Waals surface area (Å²) in [4.78, 5) is 53.2. The van der Waals surface area contributed by atoms with Gasteiger partial charge in [-0.25, -0.2) is 0 Å². The molecule has 3 amide bonds. The van der Waals surface area contributed by atoms with E-state index in [-0.39, 0.29) is 12.2 Å². The van der Waals surface area contributed by atoms with Crippen molar-refractivity contribution in [3.8, 4) is 0 Å². The van der Waals surface area contributed by atoms with Crippen molar-refractivity contribution < 1.29 is 24.3 Å². The average Bonchev–Trinajstić information content (AvgIpc) is 3.43. The summed E-state index contributed by atoms with van der Waals surface area (Å²) in [7, 11) is 0. The number of carboxylic acid groups (broad SMARTS) is 1. The zero-order valence-electron chi connectivity index (χ0n) is 17.4. The number of aliphatic carboxylic acids is 1. The number of likely N-dealkylation sites (tertiary alicyclic amines) is 1. The summed E-state index contributed by atoms with van der Waals surface area (Å²) in [6.45, 7) is -0.182. The molecule has 172 valence electrons. The smallest absolute Gasteiger partial charge is 0.322 e. The molecule has 6 N–H and O–H groups in total. The molecular formula is C21H27N5O5S. The number of amides is 3. The fourth-order valence-corrected chi connectivity index (χ4v) is 4.13. The van der Waals surface area contributed by atoms with E-state index in [1.54, 1.807) is 0 Å². The van der Waals surface area contributed by atoms with Gasteiger partial charge in [0, 0.05) is 29.4 Å². The van der Waals surface area contributed by atoms with Crippen LogP contribution < -0.4 is 16.4 Å². The van der Waals surface area contributed by atoms with Crippen molar-refractivity contribution in [3.63, 3.8) is 0 Å². The highest BCUT2D eigenvalue weighted by Crippen LogP contribution is 2.20. The lowest BCUT2D eigenvalue weighted by molar-refractivity contribution is -0.142. The van der Waals surface area contributed by atoms with Gasteiger partial charge < -0.3 is 31.4 Å². The number of rotatable bonds is 9. The van der Waals surface area contributed by atoms with Crippen molar-refractivity contribution in [1.29, 1.82) is 0 Å². The lowest BCUT2D eigenvalue weighted by Gasteiger charge is -2.28. The number of fused-ring (bicyclic) bond motifs is 1. The molecule has 3 rings (SSSR count). The summed E-state index contributed by atoms with van der Waals surface area (Å²) in [6.07, 6.45) is 3.12. The number of benzene rings is 1. The number of nitrogens with zero attached hydrogens (tertiary/aromatic N) is 1. The first kappa shape index (κ1) is 23.6. The SMILES string of the molecule is NC(Cc1c[nH]c2ccccc12)C(=O)NC(CS)C(=O)N1CCCC1C(=O)NCC(=O)O. The molecule has 0 radical (unpaired) electrons. The van der Waals surface area contributed by atoms with E-state index >= 15 is 0 Å². The maximum absolute atomic E-state index is 13.0. The molecule has 1 aliphatic heterocycles. The molecule has 1 aromatic heterocycles. The van der Waals surface area contributed by atoms with E-state index in [1.165, 1.54) is 4.90 Å². The zero-order valence-corrected chi connectivity index (χ0v) is 18.3. The quantitative estimate of drug-likeness (QED) is 0.280. The van der Waals surface area contributed by atoms with Gasteiger partial charge in [0.2, 0.25) is 17.7 Å². The second kappa shape index (κ2) is 10.5. The summed E-state index contributed by atoms with van der Waals surface area (Å²) in [6, 6.07) is 5.07. The van der Waals surface area contributed by atoms with E-state index < -0.39 is 48.4 Å². The summed E-state index contributed by atoms with van der Waals surface area (Å²) >= 11 is 4.19. The number of aromatic nitrogens is 1. The van der Waals surface area contributed by atoms with Crippen molar-refractivity contribution >= 4 is 47.2 Å². The summed E-state index contributed by atoms with van der Waals surface area (Å²) in [5.41, 5.74) is 7.94. The maximum Gasteiger partial charge on any atom is 0.322 e. The first-order chi connectivity index (χ1) is 15.3. The number of nitrogens with two attached hydrogens (primary N) is 1. The van der Waals surface area contributed by atoms with E-state index in [2.05, 4.69) is 28.2 Å². The van der Waals surface area contributed by atoms with Crippen LogP contribution in [0.15, 0.2) is 30.5 Å². The molecule has 2 heterocycles. The molecule has 11 heteroatoms. The van der Waals surface area contributed by atoms with E-state index in [4.69, 9.17) is 10.8 Å². The number of carbonyl (C=O) groups excluding carboxylic acids is 3. The van der Waals surface area contributed by atoms with Gasteiger partial charge in [-0.1, -0.05) is 18.2 Å². The predicted molar refractivity (Wildman–Crippen MR) is 121 cm³/mol. The van der Waals surface area contributed by atoms with E-state index in [9.17, 15) is 19.2 Å². The Labute approximate surface area is 190 Å². The normalized spacial score (nSPS) is 17.7. The Bertz CT molecular complexity index is 1010. The van der Waals surface area contributed by atoms with E-state index in [0.717, 1.165) is 16.5 Å². The fourth-order valence-electron chi connectivity index (χ4n) is 3.88. The first-order valence-corrected chi connectivity index (χ1v) is 11.0. The Morgan fingerprint density at radius 2 is 2.03 bits per heavy atom. The van der Waals surface area contributed by atoms with Crippen LogP contribution in [0.2, 0.25) is 0 Å². The standard InChI is InChI=1S/C21H27N5O5S/c22-14(8-12-9-23-15-5-2-1-4-13(12)15)19(29)25-16(11-32)21(31)26-7-3-6-17(26)20(30)24-10-18(27)28/h1-2,4-5,9,14,16-17,23,32H,3,6-8,10-11,22H2,(H,24,30)(H,25,29)(H,27,28). The van der Waals surface area contributed by atoms with Crippen molar-refractivity contribution in [2.45, 2.75) is 37.4 Å². The highest BCUT2D eigenvalue weighted by molar-refractivity contribution is 7.80.